The van der Waals surface area contributed by atoms with Gasteiger partial charge in [-0.25, -0.2) is 9.97 Å². The maximum Gasteiger partial charge on any atom is 0.233 e. The minimum absolute atomic E-state index is 0.0842. The normalized spacial score (nSPS) is 13.8. The summed E-state index contributed by atoms with van der Waals surface area (Å²) >= 11 is 7.25. The number of halogens is 1. The number of nitrogens with zero attached hydrogens (tertiary/aromatic N) is 2. The number of nitrogens with one attached hydrogen (secondary N) is 2. The zero-order valence-electron chi connectivity index (χ0n) is 13.8. The van der Waals surface area contributed by atoms with Crippen molar-refractivity contribution in [1.82, 2.24) is 20.3 Å². The van der Waals surface area contributed by atoms with Crippen molar-refractivity contribution in [3.8, 4) is 11.5 Å². The highest BCUT2D eigenvalue weighted by atomic mass is 35.5. The van der Waals surface area contributed by atoms with Gasteiger partial charge in [0, 0.05) is 12.7 Å². The molecule has 2 N–H and O–H groups in total. The molecule has 0 saturated heterocycles. The van der Waals surface area contributed by atoms with Crippen LogP contribution in [-0.4, -0.2) is 32.9 Å². The van der Waals surface area contributed by atoms with E-state index in [0.29, 0.717) is 28.1 Å². The molecule has 1 aliphatic rings. The summed E-state index contributed by atoms with van der Waals surface area (Å²) in [5.41, 5.74) is 2.26. The molecule has 3 aromatic rings. The van der Waals surface area contributed by atoms with E-state index in [-0.39, 0.29) is 18.0 Å². The van der Waals surface area contributed by atoms with Crippen molar-refractivity contribution in [2.45, 2.75) is 23.9 Å². The number of carbonyl (C=O) groups excluding carboxylic acids is 1. The van der Waals surface area contributed by atoms with Gasteiger partial charge < -0.3 is 19.8 Å². The largest absolute Gasteiger partial charge is 0.454 e. The van der Waals surface area contributed by atoms with Gasteiger partial charge in [-0.2, -0.15) is 0 Å². The third-order valence-electron chi connectivity index (χ3n) is 3.84. The molecule has 9 heteroatoms. The van der Waals surface area contributed by atoms with Gasteiger partial charge in [0.05, 0.1) is 15.8 Å². The van der Waals surface area contributed by atoms with Crippen LogP contribution in [0.4, 0.5) is 0 Å². The molecule has 1 aliphatic heterocycles. The summed E-state index contributed by atoms with van der Waals surface area (Å²) in [5, 5.41) is 3.76. The summed E-state index contributed by atoms with van der Waals surface area (Å²) in [6.07, 6.45) is 1.54. The topological polar surface area (TPSA) is 89.1 Å². The first-order chi connectivity index (χ1) is 12.6. The molecule has 7 nitrogen and oxygen atoms in total. The predicted octanol–water partition coefficient (Wildman–Crippen LogP) is 3.14. The molecule has 1 aromatic carbocycles. The highest BCUT2D eigenvalue weighted by Crippen LogP contribution is 2.32. The SMILES string of the molecule is C[C@H](Sc1nc2ncc(Cl)cc2[nH]1)C(=O)NCc1ccc2c(c1)OCO2. The molecule has 0 bridgehead atoms. The number of aromatic nitrogens is 3. The van der Waals surface area contributed by atoms with Crippen molar-refractivity contribution >= 4 is 40.4 Å². The Morgan fingerprint density at radius 1 is 1.38 bits per heavy atom. The molecule has 0 saturated carbocycles. The monoisotopic (exact) mass is 390 g/mol. The molecule has 1 atom stereocenters. The van der Waals surface area contributed by atoms with Gasteiger partial charge in [-0.05, 0) is 30.7 Å². The number of benzene rings is 1. The summed E-state index contributed by atoms with van der Waals surface area (Å²) in [5.74, 6) is 1.34. The van der Waals surface area contributed by atoms with Gasteiger partial charge in [-0.3, -0.25) is 4.79 Å². The Kier molecular flexibility index (Phi) is 4.60. The maximum absolute atomic E-state index is 12.4. The highest BCUT2D eigenvalue weighted by Gasteiger charge is 2.18. The van der Waals surface area contributed by atoms with Crippen LogP contribution in [0.2, 0.25) is 5.02 Å². The maximum atomic E-state index is 12.4. The molecular weight excluding hydrogens is 376 g/mol. The zero-order valence-corrected chi connectivity index (χ0v) is 15.4. The zero-order chi connectivity index (χ0) is 18.1. The Morgan fingerprint density at radius 3 is 3.12 bits per heavy atom. The second kappa shape index (κ2) is 7.05. The Balaban J connectivity index is 1.36. The van der Waals surface area contributed by atoms with Gasteiger partial charge in [0.1, 0.15) is 0 Å². The van der Waals surface area contributed by atoms with Gasteiger partial charge in [0.15, 0.2) is 22.3 Å². The van der Waals surface area contributed by atoms with Crippen LogP contribution in [-0.2, 0) is 11.3 Å². The molecule has 3 heterocycles. The van der Waals surface area contributed by atoms with E-state index in [4.69, 9.17) is 21.1 Å². The van der Waals surface area contributed by atoms with Crippen LogP contribution in [0.1, 0.15) is 12.5 Å². The molecular formula is C17H15ClN4O3S. The fourth-order valence-corrected chi connectivity index (χ4v) is 3.50. The van der Waals surface area contributed by atoms with E-state index < -0.39 is 0 Å². The summed E-state index contributed by atoms with van der Waals surface area (Å²) in [4.78, 5) is 24.0. The smallest absolute Gasteiger partial charge is 0.233 e. The van der Waals surface area contributed by atoms with Gasteiger partial charge in [-0.15, -0.1) is 0 Å². The first kappa shape index (κ1) is 17.0. The fraction of sp³-hybridized carbons (Fsp3) is 0.235. The molecule has 0 aliphatic carbocycles. The Hall–Kier alpha value is -2.45. The van der Waals surface area contributed by atoms with E-state index in [0.717, 1.165) is 16.8 Å². The first-order valence-electron chi connectivity index (χ1n) is 7.92. The van der Waals surface area contributed by atoms with Crippen LogP contribution in [0.15, 0.2) is 35.6 Å². The molecule has 134 valence electrons. The lowest BCUT2D eigenvalue weighted by molar-refractivity contribution is -0.120. The lowest BCUT2D eigenvalue weighted by Crippen LogP contribution is -2.30. The lowest BCUT2D eigenvalue weighted by atomic mass is 10.2. The number of rotatable bonds is 5. The number of fused-ring (bicyclic) bond motifs is 2. The van der Waals surface area contributed by atoms with Crippen molar-refractivity contribution in [1.29, 1.82) is 0 Å². The van der Waals surface area contributed by atoms with Crippen LogP contribution < -0.4 is 14.8 Å². The molecule has 2 aromatic heterocycles. The molecule has 0 unspecified atom stereocenters. The van der Waals surface area contributed by atoms with Gasteiger partial charge in [0.25, 0.3) is 0 Å². The number of ether oxygens (including phenoxy) is 2. The summed E-state index contributed by atoms with van der Waals surface area (Å²) in [7, 11) is 0. The van der Waals surface area contributed by atoms with Gasteiger partial charge >= 0.3 is 0 Å². The molecule has 0 spiro atoms. The molecule has 26 heavy (non-hydrogen) atoms. The average Bonchev–Trinajstić information content (AvgIpc) is 3.24. The van der Waals surface area contributed by atoms with E-state index in [2.05, 4.69) is 20.3 Å². The molecule has 0 radical (unpaired) electrons. The van der Waals surface area contributed by atoms with E-state index in [1.165, 1.54) is 11.8 Å². The number of amides is 1. The second-order valence-electron chi connectivity index (χ2n) is 5.73. The van der Waals surface area contributed by atoms with Crippen molar-refractivity contribution in [2.75, 3.05) is 6.79 Å². The standard InChI is InChI=1S/C17H15ClN4O3S/c1-9(26-17-21-12-5-11(18)7-19-15(12)22-17)16(23)20-6-10-2-3-13-14(4-10)25-8-24-13/h2-5,7,9H,6,8H2,1H3,(H,20,23)(H,19,21,22)/t9-/m0/s1. The Morgan fingerprint density at radius 2 is 2.23 bits per heavy atom. The quantitative estimate of drug-likeness (QED) is 0.650. The number of H-pyrrole nitrogens is 1. The summed E-state index contributed by atoms with van der Waals surface area (Å²) in [6, 6.07) is 7.37. The minimum atomic E-state index is -0.319. The minimum Gasteiger partial charge on any atom is -0.454 e. The van der Waals surface area contributed by atoms with Crippen LogP contribution in [0.5, 0.6) is 11.5 Å². The first-order valence-corrected chi connectivity index (χ1v) is 9.18. The second-order valence-corrected chi connectivity index (χ2v) is 7.50. The van der Waals surface area contributed by atoms with E-state index in [9.17, 15) is 4.79 Å². The summed E-state index contributed by atoms with van der Waals surface area (Å²) in [6.45, 7) is 2.47. The molecule has 1 amide bonds. The number of carbonyl (C=O) groups is 1. The van der Waals surface area contributed by atoms with Crippen LogP contribution >= 0.6 is 23.4 Å². The fourth-order valence-electron chi connectivity index (χ4n) is 2.51. The number of imidazole rings is 1. The number of aromatic amines is 1. The number of hydrogen-bond acceptors (Lipinski definition) is 6. The van der Waals surface area contributed by atoms with Crippen molar-refractivity contribution < 1.29 is 14.3 Å². The van der Waals surface area contributed by atoms with Crippen LogP contribution in [0.3, 0.4) is 0 Å². The number of thioether (sulfide) groups is 1. The lowest BCUT2D eigenvalue weighted by Gasteiger charge is -2.11. The predicted molar refractivity (Wildman–Crippen MR) is 98.6 cm³/mol. The Bertz CT molecular complexity index is 978. The average molecular weight is 391 g/mol. The van der Waals surface area contributed by atoms with Gasteiger partial charge in [-0.1, -0.05) is 29.4 Å². The van der Waals surface area contributed by atoms with E-state index >= 15 is 0 Å². The molecule has 0 fully saturated rings. The van der Waals surface area contributed by atoms with E-state index in [1.54, 1.807) is 12.3 Å². The van der Waals surface area contributed by atoms with Crippen molar-refractivity contribution in [3.05, 3.63) is 41.0 Å². The van der Waals surface area contributed by atoms with Crippen LogP contribution in [0, 0.1) is 0 Å². The summed E-state index contributed by atoms with van der Waals surface area (Å²) < 4.78 is 10.6. The third-order valence-corrected chi connectivity index (χ3v) is 5.03. The Labute approximate surface area is 158 Å². The van der Waals surface area contributed by atoms with Crippen LogP contribution in [0.25, 0.3) is 11.2 Å². The van der Waals surface area contributed by atoms with Gasteiger partial charge in [0.2, 0.25) is 12.7 Å². The molecule has 4 rings (SSSR count). The third kappa shape index (κ3) is 3.56. The number of hydrogen-bond donors (Lipinski definition) is 2. The van der Waals surface area contributed by atoms with E-state index in [1.807, 2.05) is 25.1 Å². The van der Waals surface area contributed by atoms with Crippen molar-refractivity contribution in [2.24, 2.45) is 0 Å². The number of pyridine rings is 1. The van der Waals surface area contributed by atoms with Crippen molar-refractivity contribution in [3.63, 3.8) is 0 Å². The highest BCUT2D eigenvalue weighted by molar-refractivity contribution is 8.00.